The highest BCUT2D eigenvalue weighted by Gasteiger charge is 2.18. The van der Waals surface area contributed by atoms with E-state index >= 15 is 0 Å². The molecule has 138 valence electrons. The van der Waals surface area contributed by atoms with Crippen LogP contribution < -0.4 is 4.90 Å². The number of halogens is 1. The molecule has 1 aliphatic carbocycles. The Labute approximate surface area is 170 Å². The van der Waals surface area contributed by atoms with Gasteiger partial charge in [0.25, 0.3) is 5.91 Å². The minimum absolute atomic E-state index is 0.103. The highest BCUT2D eigenvalue weighted by atomic mass is 35.5. The Morgan fingerprint density at radius 2 is 1.36 bits per heavy atom. The number of anilines is 2. The first kappa shape index (κ1) is 18.3. The fourth-order valence-electron chi connectivity index (χ4n) is 3.47. The molecule has 0 bridgehead atoms. The lowest BCUT2D eigenvalue weighted by molar-refractivity contribution is -0.113. The zero-order valence-electron chi connectivity index (χ0n) is 15.4. The number of amides is 1. The number of benzene rings is 3. The number of rotatable bonds is 4. The number of para-hydroxylation sites is 2. The van der Waals surface area contributed by atoms with E-state index in [0.717, 1.165) is 40.4 Å². The SMILES string of the molecule is O=C(C=CC1=C(Cl)c2ccccc2CC1)N(c1ccccc1)c1ccccc1. The lowest BCUT2D eigenvalue weighted by Gasteiger charge is -2.22. The van der Waals surface area contributed by atoms with Crippen molar-refractivity contribution in [3.8, 4) is 0 Å². The Morgan fingerprint density at radius 1 is 0.786 bits per heavy atom. The summed E-state index contributed by atoms with van der Waals surface area (Å²) in [6, 6.07) is 27.5. The number of allylic oxidation sites excluding steroid dienone is 2. The third-order valence-electron chi connectivity index (χ3n) is 4.88. The quantitative estimate of drug-likeness (QED) is 0.469. The van der Waals surface area contributed by atoms with Crippen LogP contribution in [-0.2, 0) is 11.2 Å². The second-order valence-corrected chi connectivity index (χ2v) is 7.05. The molecule has 0 fully saturated rings. The van der Waals surface area contributed by atoms with Crippen LogP contribution in [0.15, 0.2) is 103 Å². The zero-order chi connectivity index (χ0) is 19.3. The maximum atomic E-state index is 13.1. The Bertz CT molecular complexity index is 999. The molecule has 1 amide bonds. The lowest BCUT2D eigenvalue weighted by Crippen LogP contribution is -2.23. The molecule has 0 spiro atoms. The lowest BCUT2D eigenvalue weighted by atomic mass is 9.92. The Morgan fingerprint density at radius 3 is 2.00 bits per heavy atom. The largest absolute Gasteiger partial charge is 0.278 e. The van der Waals surface area contributed by atoms with Gasteiger partial charge in [-0.15, -0.1) is 0 Å². The van der Waals surface area contributed by atoms with Gasteiger partial charge < -0.3 is 0 Å². The van der Waals surface area contributed by atoms with Crippen LogP contribution >= 0.6 is 11.6 Å². The van der Waals surface area contributed by atoms with Crippen molar-refractivity contribution in [1.82, 2.24) is 0 Å². The van der Waals surface area contributed by atoms with Crippen molar-refractivity contribution in [2.75, 3.05) is 4.90 Å². The highest BCUT2D eigenvalue weighted by molar-refractivity contribution is 6.49. The summed E-state index contributed by atoms with van der Waals surface area (Å²) in [5, 5.41) is 0.733. The number of aryl methyl sites for hydroxylation is 1. The summed E-state index contributed by atoms with van der Waals surface area (Å²) in [5.74, 6) is -0.103. The van der Waals surface area contributed by atoms with E-state index in [2.05, 4.69) is 6.07 Å². The summed E-state index contributed by atoms with van der Waals surface area (Å²) in [4.78, 5) is 14.8. The molecule has 0 aromatic heterocycles. The molecule has 1 aliphatic rings. The van der Waals surface area contributed by atoms with Gasteiger partial charge in [0, 0.05) is 17.5 Å². The van der Waals surface area contributed by atoms with Crippen molar-refractivity contribution in [1.29, 1.82) is 0 Å². The monoisotopic (exact) mass is 385 g/mol. The molecule has 3 aromatic rings. The van der Waals surface area contributed by atoms with Crippen molar-refractivity contribution in [3.63, 3.8) is 0 Å². The Hall–Kier alpha value is -3.10. The molecule has 0 N–H and O–H groups in total. The molecule has 3 aromatic carbocycles. The van der Waals surface area contributed by atoms with E-state index in [-0.39, 0.29) is 5.91 Å². The molecule has 3 heteroatoms. The molecule has 2 nitrogen and oxygen atoms in total. The molecule has 0 unspecified atom stereocenters. The van der Waals surface area contributed by atoms with Crippen LogP contribution in [0.1, 0.15) is 17.5 Å². The van der Waals surface area contributed by atoms with Crippen LogP contribution in [0, 0.1) is 0 Å². The number of carbonyl (C=O) groups is 1. The third kappa shape index (κ3) is 3.78. The van der Waals surface area contributed by atoms with Crippen LogP contribution in [0.4, 0.5) is 11.4 Å². The van der Waals surface area contributed by atoms with Crippen molar-refractivity contribution < 1.29 is 4.79 Å². The van der Waals surface area contributed by atoms with E-state index < -0.39 is 0 Å². The third-order valence-corrected chi connectivity index (χ3v) is 5.32. The minimum Gasteiger partial charge on any atom is -0.278 e. The maximum absolute atomic E-state index is 13.1. The molecule has 0 heterocycles. The van der Waals surface area contributed by atoms with E-state index in [0.29, 0.717) is 0 Å². The summed E-state index contributed by atoms with van der Waals surface area (Å²) >= 11 is 6.61. The number of hydrogen-bond donors (Lipinski definition) is 0. The van der Waals surface area contributed by atoms with E-state index in [1.807, 2.05) is 84.9 Å². The van der Waals surface area contributed by atoms with Gasteiger partial charge in [0.1, 0.15) is 0 Å². The first-order chi connectivity index (χ1) is 13.7. The predicted octanol–water partition coefficient (Wildman–Crippen LogP) is 6.50. The maximum Gasteiger partial charge on any atom is 0.255 e. The Kier molecular flexibility index (Phi) is 5.41. The summed E-state index contributed by atoms with van der Waals surface area (Å²) in [5.41, 5.74) is 4.97. The minimum atomic E-state index is -0.103. The molecule has 0 saturated heterocycles. The van der Waals surface area contributed by atoms with Gasteiger partial charge in [0.15, 0.2) is 0 Å². The molecule has 0 radical (unpaired) electrons. The number of hydrogen-bond acceptors (Lipinski definition) is 1. The molecule has 0 atom stereocenters. The molecule has 0 saturated carbocycles. The van der Waals surface area contributed by atoms with Gasteiger partial charge in [0.2, 0.25) is 0 Å². The van der Waals surface area contributed by atoms with Crippen LogP contribution in [0.25, 0.3) is 5.03 Å². The van der Waals surface area contributed by atoms with E-state index in [4.69, 9.17) is 11.6 Å². The average molecular weight is 386 g/mol. The van der Waals surface area contributed by atoms with Crippen molar-refractivity contribution in [3.05, 3.63) is 114 Å². The zero-order valence-corrected chi connectivity index (χ0v) is 16.1. The average Bonchev–Trinajstić information content (AvgIpc) is 2.75. The number of carbonyl (C=O) groups excluding carboxylic acids is 1. The predicted molar refractivity (Wildman–Crippen MR) is 117 cm³/mol. The van der Waals surface area contributed by atoms with Gasteiger partial charge in [-0.3, -0.25) is 9.69 Å². The van der Waals surface area contributed by atoms with E-state index in [1.54, 1.807) is 11.0 Å². The molecular formula is C25H20ClNO. The first-order valence-corrected chi connectivity index (χ1v) is 9.71. The van der Waals surface area contributed by atoms with Crippen molar-refractivity contribution in [2.45, 2.75) is 12.8 Å². The molecule has 0 aliphatic heterocycles. The van der Waals surface area contributed by atoms with E-state index in [9.17, 15) is 4.79 Å². The topological polar surface area (TPSA) is 20.3 Å². The van der Waals surface area contributed by atoms with Gasteiger partial charge in [-0.25, -0.2) is 0 Å². The Balaban J connectivity index is 1.65. The summed E-state index contributed by atoms with van der Waals surface area (Å²) < 4.78 is 0. The van der Waals surface area contributed by atoms with Gasteiger partial charge in [-0.05, 0) is 53.8 Å². The molecular weight excluding hydrogens is 366 g/mol. The van der Waals surface area contributed by atoms with Gasteiger partial charge >= 0.3 is 0 Å². The normalized spacial score (nSPS) is 13.5. The number of nitrogens with zero attached hydrogens (tertiary/aromatic N) is 1. The van der Waals surface area contributed by atoms with Gasteiger partial charge in [-0.1, -0.05) is 78.3 Å². The second-order valence-electron chi connectivity index (χ2n) is 6.67. The fraction of sp³-hybridized carbons (Fsp3) is 0.0800. The van der Waals surface area contributed by atoms with Gasteiger partial charge in [-0.2, -0.15) is 0 Å². The smallest absolute Gasteiger partial charge is 0.255 e. The second kappa shape index (κ2) is 8.28. The standard InChI is InChI=1S/C25H20ClNO/c26-25-20(16-15-19-9-7-8-14-23(19)25)17-18-24(28)27(21-10-3-1-4-11-21)22-12-5-2-6-13-22/h1-14,17-18H,15-16H2. The summed E-state index contributed by atoms with van der Waals surface area (Å²) in [6.45, 7) is 0. The van der Waals surface area contributed by atoms with E-state index in [1.165, 1.54) is 5.56 Å². The number of fused-ring (bicyclic) bond motifs is 1. The van der Waals surface area contributed by atoms with Crippen LogP contribution in [0.3, 0.4) is 0 Å². The molecule has 4 rings (SSSR count). The first-order valence-electron chi connectivity index (χ1n) is 9.33. The van der Waals surface area contributed by atoms with Crippen molar-refractivity contribution in [2.24, 2.45) is 0 Å². The fourth-order valence-corrected chi connectivity index (χ4v) is 3.81. The van der Waals surface area contributed by atoms with Gasteiger partial charge in [0.05, 0.1) is 5.03 Å². The molecule has 28 heavy (non-hydrogen) atoms. The highest BCUT2D eigenvalue weighted by Crippen LogP contribution is 2.34. The van der Waals surface area contributed by atoms with Crippen LogP contribution in [-0.4, -0.2) is 5.91 Å². The van der Waals surface area contributed by atoms with Crippen LogP contribution in [0.5, 0.6) is 0 Å². The van der Waals surface area contributed by atoms with Crippen LogP contribution in [0.2, 0.25) is 0 Å². The van der Waals surface area contributed by atoms with Crippen molar-refractivity contribution >= 4 is 33.9 Å². The summed E-state index contributed by atoms with van der Waals surface area (Å²) in [6.07, 6.45) is 5.24. The summed E-state index contributed by atoms with van der Waals surface area (Å²) in [7, 11) is 0.